The van der Waals surface area contributed by atoms with Crippen LogP contribution in [0.5, 0.6) is 11.5 Å². The van der Waals surface area contributed by atoms with Gasteiger partial charge in [-0.05, 0) is 42.2 Å². The fourth-order valence-corrected chi connectivity index (χ4v) is 2.36. The number of rotatable bonds is 8. The van der Waals surface area contributed by atoms with Gasteiger partial charge in [-0.3, -0.25) is 9.78 Å². The maximum Gasteiger partial charge on any atom is 0.241 e. The highest BCUT2D eigenvalue weighted by Crippen LogP contribution is 2.31. The smallest absolute Gasteiger partial charge is 0.241 e. The summed E-state index contributed by atoms with van der Waals surface area (Å²) in [7, 11) is 1.57. The molecule has 6 heteroatoms. The second-order valence-corrected chi connectivity index (χ2v) is 6.24. The normalized spacial score (nSPS) is 11.9. The van der Waals surface area contributed by atoms with Gasteiger partial charge in [-0.2, -0.15) is 0 Å². The molecule has 3 N–H and O–H groups in total. The van der Waals surface area contributed by atoms with Crippen molar-refractivity contribution in [3.05, 3.63) is 48.3 Å². The molecule has 6 nitrogen and oxygen atoms in total. The average Bonchev–Trinajstić information content (AvgIpc) is 2.60. The van der Waals surface area contributed by atoms with E-state index in [0.29, 0.717) is 36.1 Å². The minimum absolute atomic E-state index is 0.209. The summed E-state index contributed by atoms with van der Waals surface area (Å²) in [6.07, 6.45) is 4.05. The molecule has 1 atom stereocenters. The minimum Gasteiger partial charge on any atom is -0.493 e. The molecule has 1 aromatic heterocycles. The van der Waals surface area contributed by atoms with Gasteiger partial charge in [-0.1, -0.05) is 13.8 Å². The Bertz CT molecular complexity index is 690. The van der Waals surface area contributed by atoms with Gasteiger partial charge in [0.15, 0.2) is 11.5 Å². The number of benzene rings is 1. The highest BCUT2D eigenvalue weighted by atomic mass is 16.5. The molecule has 2 rings (SSSR count). The Hall–Kier alpha value is -2.60. The lowest BCUT2D eigenvalue weighted by molar-refractivity contribution is -0.117. The first-order valence-electron chi connectivity index (χ1n) is 8.25. The Balaban J connectivity index is 2.06. The molecule has 0 aliphatic rings. The van der Waals surface area contributed by atoms with E-state index < -0.39 is 6.04 Å². The number of methoxy groups -OCH3 is 1. The molecule has 134 valence electrons. The third-order valence-electron chi connectivity index (χ3n) is 3.64. The van der Waals surface area contributed by atoms with Crippen LogP contribution >= 0.6 is 0 Å². The first-order chi connectivity index (χ1) is 12.0. The van der Waals surface area contributed by atoms with Crippen molar-refractivity contribution in [1.29, 1.82) is 0 Å². The number of amides is 1. The molecule has 0 spiro atoms. The molecule has 1 amide bonds. The second kappa shape index (κ2) is 9.03. The lowest BCUT2D eigenvalue weighted by atomic mass is 10.0. The second-order valence-electron chi connectivity index (χ2n) is 6.24. The number of hydrogen-bond donors (Lipinski definition) is 2. The Morgan fingerprint density at radius 3 is 2.56 bits per heavy atom. The molecule has 0 fully saturated rings. The number of nitrogens with one attached hydrogen (secondary N) is 1. The first kappa shape index (κ1) is 18.7. The summed E-state index contributed by atoms with van der Waals surface area (Å²) in [6, 6.07) is 8.47. The predicted octanol–water partition coefficient (Wildman–Crippen LogP) is 2.98. The van der Waals surface area contributed by atoms with Crippen molar-refractivity contribution in [3.63, 3.8) is 0 Å². The summed E-state index contributed by atoms with van der Waals surface area (Å²) < 4.78 is 11.1. The van der Waals surface area contributed by atoms with E-state index in [4.69, 9.17) is 15.2 Å². The summed E-state index contributed by atoms with van der Waals surface area (Å²) >= 11 is 0. The third kappa shape index (κ3) is 5.76. The lowest BCUT2D eigenvalue weighted by Gasteiger charge is -2.16. The maximum atomic E-state index is 12.2. The maximum absolute atomic E-state index is 12.2. The van der Waals surface area contributed by atoms with Crippen molar-refractivity contribution in [3.8, 4) is 11.5 Å². The number of aromatic nitrogens is 1. The highest BCUT2D eigenvalue weighted by Gasteiger charge is 2.16. The summed E-state index contributed by atoms with van der Waals surface area (Å²) in [5.41, 5.74) is 7.53. The Labute approximate surface area is 148 Å². The van der Waals surface area contributed by atoms with Gasteiger partial charge in [-0.15, -0.1) is 0 Å². The van der Waals surface area contributed by atoms with E-state index in [1.807, 2.05) is 26.0 Å². The number of carbonyl (C=O) groups excluding carboxylic acids is 1. The van der Waals surface area contributed by atoms with E-state index in [0.717, 1.165) is 5.56 Å². The molecule has 1 heterocycles. The number of pyridine rings is 1. The van der Waals surface area contributed by atoms with E-state index in [1.54, 1.807) is 37.7 Å². The van der Waals surface area contributed by atoms with Crippen LogP contribution in [0.3, 0.4) is 0 Å². The molecule has 1 aromatic carbocycles. The van der Waals surface area contributed by atoms with Gasteiger partial charge in [0.05, 0.1) is 13.2 Å². The fourth-order valence-electron chi connectivity index (χ4n) is 2.36. The summed E-state index contributed by atoms with van der Waals surface area (Å²) in [5.74, 6) is 1.29. The molecule has 0 unspecified atom stereocenters. The molecular formula is C19H25N3O3. The van der Waals surface area contributed by atoms with Gasteiger partial charge in [-0.25, -0.2) is 0 Å². The van der Waals surface area contributed by atoms with Crippen molar-refractivity contribution in [1.82, 2.24) is 4.98 Å². The van der Waals surface area contributed by atoms with Crippen molar-refractivity contribution in [2.75, 3.05) is 12.4 Å². The number of nitrogens with zero attached hydrogens (tertiary/aromatic N) is 1. The SMILES string of the molecule is COc1ccc(NC(=O)[C@@H](N)CC(C)C)cc1OCc1ccncc1. The third-order valence-corrected chi connectivity index (χ3v) is 3.64. The van der Waals surface area contributed by atoms with Gasteiger partial charge in [0.25, 0.3) is 0 Å². The van der Waals surface area contributed by atoms with Gasteiger partial charge in [0.2, 0.25) is 5.91 Å². The van der Waals surface area contributed by atoms with Crippen LogP contribution in [0.25, 0.3) is 0 Å². The quantitative estimate of drug-likeness (QED) is 0.769. The molecule has 0 saturated heterocycles. The van der Waals surface area contributed by atoms with Gasteiger partial charge in [0, 0.05) is 24.1 Å². The Morgan fingerprint density at radius 1 is 1.20 bits per heavy atom. The molecule has 0 radical (unpaired) electrons. The van der Waals surface area contributed by atoms with Gasteiger partial charge in [0.1, 0.15) is 6.61 Å². The van der Waals surface area contributed by atoms with Gasteiger partial charge < -0.3 is 20.5 Å². The van der Waals surface area contributed by atoms with Crippen LogP contribution in [0.4, 0.5) is 5.69 Å². The topological polar surface area (TPSA) is 86.5 Å². The summed E-state index contributed by atoms with van der Waals surface area (Å²) in [5, 5.41) is 2.83. The molecule has 0 saturated carbocycles. The summed E-state index contributed by atoms with van der Waals surface area (Å²) in [6.45, 7) is 4.44. The van der Waals surface area contributed by atoms with Crippen LogP contribution in [-0.2, 0) is 11.4 Å². The van der Waals surface area contributed by atoms with Crippen LogP contribution < -0.4 is 20.5 Å². The van der Waals surface area contributed by atoms with Crippen molar-refractivity contribution >= 4 is 11.6 Å². The molecule has 0 bridgehead atoms. The predicted molar refractivity (Wildman–Crippen MR) is 97.6 cm³/mol. The monoisotopic (exact) mass is 343 g/mol. The van der Waals surface area contributed by atoms with E-state index in [2.05, 4.69) is 10.3 Å². The largest absolute Gasteiger partial charge is 0.493 e. The minimum atomic E-state index is -0.539. The van der Waals surface area contributed by atoms with E-state index in [-0.39, 0.29) is 5.91 Å². The van der Waals surface area contributed by atoms with E-state index in [1.165, 1.54) is 0 Å². The molecule has 25 heavy (non-hydrogen) atoms. The average molecular weight is 343 g/mol. The van der Waals surface area contributed by atoms with Crippen LogP contribution in [-0.4, -0.2) is 24.0 Å². The van der Waals surface area contributed by atoms with Crippen molar-refractivity contribution in [2.24, 2.45) is 11.7 Å². The molecule has 0 aliphatic carbocycles. The van der Waals surface area contributed by atoms with Crippen LogP contribution in [0.2, 0.25) is 0 Å². The van der Waals surface area contributed by atoms with Crippen molar-refractivity contribution in [2.45, 2.75) is 32.9 Å². The number of anilines is 1. The van der Waals surface area contributed by atoms with E-state index >= 15 is 0 Å². The highest BCUT2D eigenvalue weighted by molar-refractivity contribution is 5.94. The number of ether oxygens (including phenoxy) is 2. The lowest BCUT2D eigenvalue weighted by Crippen LogP contribution is -2.36. The zero-order valence-electron chi connectivity index (χ0n) is 14.9. The molecule has 0 aliphatic heterocycles. The fraction of sp³-hybridized carbons (Fsp3) is 0.368. The number of hydrogen-bond acceptors (Lipinski definition) is 5. The molecular weight excluding hydrogens is 318 g/mol. The van der Waals surface area contributed by atoms with Crippen LogP contribution in [0, 0.1) is 5.92 Å². The van der Waals surface area contributed by atoms with Crippen LogP contribution in [0.1, 0.15) is 25.8 Å². The summed E-state index contributed by atoms with van der Waals surface area (Å²) in [4.78, 5) is 16.2. The van der Waals surface area contributed by atoms with Gasteiger partial charge >= 0.3 is 0 Å². The van der Waals surface area contributed by atoms with E-state index in [9.17, 15) is 4.79 Å². The zero-order valence-corrected chi connectivity index (χ0v) is 14.9. The first-order valence-corrected chi connectivity index (χ1v) is 8.25. The number of carbonyl (C=O) groups is 1. The standard InChI is InChI=1S/C19H25N3O3/c1-13(2)10-16(20)19(23)22-15-4-5-17(24-3)18(11-15)25-12-14-6-8-21-9-7-14/h4-9,11,13,16H,10,12,20H2,1-3H3,(H,22,23)/t16-/m0/s1. The Morgan fingerprint density at radius 2 is 1.92 bits per heavy atom. The zero-order chi connectivity index (χ0) is 18.2. The Kier molecular flexibility index (Phi) is 6.77. The van der Waals surface area contributed by atoms with Crippen molar-refractivity contribution < 1.29 is 14.3 Å². The molecule has 2 aromatic rings. The number of nitrogens with two attached hydrogens (primary N) is 1. The van der Waals surface area contributed by atoms with Crippen LogP contribution in [0.15, 0.2) is 42.7 Å².